The van der Waals surface area contributed by atoms with Crippen LogP contribution in [0.4, 0.5) is 10.1 Å². The Morgan fingerprint density at radius 2 is 2.10 bits per heavy atom. The molecule has 0 amide bonds. The molecule has 0 bridgehead atoms. The molecule has 0 aliphatic heterocycles. The zero-order chi connectivity index (χ0) is 14.5. The minimum atomic E-state index is -0.478. The molecule has 6 heteroatoms. The zero-order valence-corrected chi connectivity index (χ0v) is 11.6. The van der Waals surface area contributed by atoms with Crippen LogP contribution in [0.1, 0.15) is 17.3 Å². The average Bonchev–Trinajstić information content (AvgIpc) is 2.43. The summed E-state index contributed by atoms with van der Waals surface area (Å²) in [4.78, 5) is 16.7. The highest BCUT2D eigenvalue weighted by molar-refractivity contribution is 7.99. The maximum absolute atomic E-state index is 12.8. The number of halogens is 1. The Kier molecular flexibility index (Phi) is 4.57. The first-order valence-electron chi connectivity index (χ1n) is 5.96. The van der Waals surface area contributed by atoms with Gasteiger partial charge in [0.05, 0.1) is 24.1 Å². The van der Waals surface area contributed by atoms with Crippen LogP contribution in [0.25, 0.3) is 0 Å². The van der Waals surface area contributed by atoms with E-state index in [1.807, 2.05) is 0 Å². The maximum atomic E-state index is 12.8. The van der Waals surface area contributed by atoms with E-state index >= 15 is 0 Å². The van der Waals surface area contributed by atoms with Crippen LogP contribution < -0.4 is 5.73 Å². The molecule has 4 nitrogen and oxygen atoms in total. The zero-order valence-electron chi connectivity index (χ0n) is 10.8. The molecule has 0 saturated carbocycles. The lowest BCUT2D eigenvalue weighted by Gasteiger charge is -2.07. The van der Waals surface area contributed by atoms with Crippen molar-refractivity contribution >= 4 is 23.4 Å². The molecular formula is C14H13FN2O2S. The number of pyridine rings is 1. The lowest BCUT2D eigenvalue weighted by molar-refractivity contribution is 0.0527. The predicted molar refractivity (Wildman–Crippen MR) is 75.1 cm³/mol. The summed E-state index contributed by atoms with van der Waals surface area (Å²) in [5.41, 5.74) is 6.27. The third-order valence-electron chi connectivity index (χ3n) is 2.44. The number of benzene rings is 1. The van der Waals surface area contributed by atoms with Crippen LogP contribution in [-0.2, 0) is 4.74 Å². The van der Waals surface area contributed by atoms with Crippen molar-refractivity contribution in [3.8, 4) is 0 Å². The summed E-state index contributed by atoms with van der Waals surface area (Å²) in [5, 5.41) is 0.592. The standard InChI is InChI=1S/C14H13FN2O2S/c1-2-19-14(18)11-7-13(17-8-12(11)16)20-10-5-3-9(15)4-6-10/h3-8H,2,16H2,1H3. The van der Waals surface area contributed by atoms with Gasteiger partial charge in [-0.05, 0) is 37.3 Å². The summed E-state index contributed by atoms with van der Waals surface area (Å²) < 4.78 is 17.8. The number of carbonyl (C=O) groups is 1. The number of aromatic nitrogens is 1. The van der Waals surface area contributed by atoms with Gasteiger partial charge < -0.3 is 10.5 Å². The molecule has 1 heterocycles. The van der Waals surface area contributed by atoms with Crippen molar-refractivity contribution in [1.82, 2.24) is 4.98 Å². The van der Waals surface area contributed by atoms with Gasteiger partial charge in [0.25, 0.3) is 0 Å². The van der Waals surface area contributed by atoms with Crippen LogP contribution in [0.15, 0.2) is 46.5 Å². The van der Waals surface area contributed by atoms with Crippen molar-refractivity contribution in [2.24, 2.45) is 0 Å². The molecule has 0 unspecified atom stereocenters. The monoisotopic (exact) mass is 292 g/mol. The molecule has 2 N–H and O–H groups in total. The number of anilines is 1. The van der Waals surface area contributed by atoms with Crippen LogP contribution in [0.5, 0.6) is 0 Å². The molecule has 2 rings (SSSR count). The molecular weight excluding hydrogens is 279 g/mol. The topological polar surface area (TPSA) is 65.2 Å². The first-order chi connectivity index (χ1) is 9.60. The Morgan fingerprint density at radius 1 is 1.40 bits per heavy atom. The number of hydrogen-bond donors (Lipinski definition) is 1. The van der Waals surface area contributed by atoms with Gasteiger partial charge in [0.1, 0.15) is 10.8 Å². The van der Waals surface area contributed by atoms with Gasteiger partial charge in [-0.25, -0.2) is 14.2 Å². The van der Waals surface area contributed by atoms with E-state index in [0.717, 1.165) is 4.90 Å². The average molecular weight is 292 g/mol. The van der Waals surface area contributed by atoms with E-state index < -0.39 is 5.97 Å². The largest absolute Gasteiger partial charge is 0.462 e. The normalized spacial score (nSPS) is 10.3. The maximum Gasteiger partial charge on any atom is 0.340 e. The summed E-state index contributed by atoms with van der Waals surface area (Å²) in [7, 11) is 0. The first kappa shape index (κ1) is 14.3. The van der Waals surface area contributed by atoms with Gasteiger partial charge in [0.15, 0.2) is 0 Å². The van der Waals surface area contributed by atoms with Crippen molar-refractivity contribution < 1.29 is 13.9 Å². The summed E-state index contributed by atoms with van der Waals surface area (Å²) in [6.45, 7) is 2.00. The van der Waals surface area contributed by atoms with Crippen molar-refractivity contribution in [1.29, 1.82) is 0 Å². The Bertz CT molecular complexity index is 617. The Hall–Kier alpha value is -2.08. The molecule has 1 aromatic carbocycles. The number of nitrogens with zero attached hydrogens (tertiary/aromatic N) is 1. The Morgan fingerprint density at radius 3 is 2.75 bits per heavy atom. The molecule has 0 spiro atoms. The molecule has 2 aromatic rings. The van der Waals surface area contributed by atoms with Gasteiger partial charge in [0, 0.05) is 4.90 Å². The SMILES string of the molecule is CCOC(=O)c1cc(Sc2ccc(F)cc2)ncc1N. The molecule has 0 atom stereocenters. The van der Waals surface area contributed by atoms with E-state index in [1.165, 1.54) is 30.1 Å². The van der Waals surface area contributed by atoms with Crippen LogP contribution in [0.3, 0.4) is 0 Å². The number of ether oxygens (including phenoxy) is 1. The Balaban J connectivity index is 2.22. The van der Waals surface area contributed by atoms with Crippen LogP contribution >= 0.6 is 11.8 Å². The van der Waals surface area contributed by atoms with E-state index in [-0.39, 0.29) is 23.7 Å². The Labute approximate surface area is 120 Å². The molecule has 0 saturated heterocycles. The van der Waals surface area contributed by atoms with Gasteiger partial charge >= 0.3 is 5.97 Å². The van der Waals surface area contributed by atoms with E-state index in [4.69, 9.17) is 10.5 Å². The fraction of sp³-hybridized carbons (Fsp3) is 0.143. The van der Waals surface area contributed by atoms with Gasteiger partial charge in [-0.2, -0.15) is 0 Å². The molecule has 0 aliphatic carbocycles. The molecule has 20 heavy (non-hydrogen) atoms. The van der Waals surface area contributed by atoms with Crippen molar-refractivity contribution in [3.05, 3.63) is 47.9 Å². The van der Waals surface area contributed by atoms with Crippen molar-refractivity contribution in [2.45, 2.75) is 16.8 Å². The second kappa shape index (κ2) is 6.38. The van der Waals surface area contributed by atoms with Crippen LogP contribution in [0.2, 0.25) is 0 Å². The summed E-state index contributed by atoms with van der Waals surface area (Å²) in [6.07, 6.45) is 1.41. The summed E-state index contributed by atoms with van der Waals surface area (Å²) in [6, 6.07) is 7.59. The summed E-state index contributed by atoms with van der Waals surface area (Å²) in [5.74, 6) is -0.778. The van der Waals surface area contributed by atoms with E-state index in [2.05, 4.69) is 4.98 Å². The number of hydrogen-bond acceptors (Lipinski definition) is 5. The predicted octanol–water partition coefficient (Wildman–Crippen LogP) is 3.13. The number of esters is 1. The highest BCUT2D eigenvalue weighted by Crippen LogP contribution is 2.28. The van der Waals surface area contributed by atoms with Gasteiger partial charge in [-0.15, -0.1) is 0 Å². The molecule has 0 fully saturated rings. The van der Waals surface area contributed by atoms with Gasteiger partial charge in [-0.1, -0.05) is 11.8 Å². The van der Waals surface area contributed by atoms with E-state index in [0.29, 0.717) is 5.03 Å². The number of nitrogen functional groups attached to an aromatic ring is 1. The second-order valence-corrected chi connectivity index (χ2v) is 4.98. The highest BCUT2D eigenvalue weighted by atomic mass is 32.2. The van der Waals surface area contributed by atoms with Gasteiger partial charge in [0.2, 0.25) is 0 Å². The minimum Gasteiger partial charge on any atom is -0.462 e. The van der Waals surface area contributed by atoms with Crippen molar-refractivity contribution in [3.63, 3.8) is 0 Å². The minimum absolute atomic E-state index is 0.270. The fourth-order valence-electron chi connectivity index (χ4n) is 1.51. The third-order valence-corrected chi connectivity index (χ3v) is 3.38. The number of nitrogens with two attached hydrogens (primary N) is 1. The fourth-order valence-corrected chi connectivity index (χ4v) is 2.31. The van der Waals surface area contributed by atoms with E-state index in [9.17, 15) is 9.18 Å². The van der Waals surface area contributed by atoms with Crippen LogP contribution in [0, 0.1) is 5.82 Å². The van der Waals surface area contributed by atoms with Crippen LogP contribution in [-0.4, -0.2) is 17.6 Å². The third kappa shape index (κ3) is 3.48. The van der Waals surface area contributed by atoms with Crippen molar-refractivity contribution in [2.75, 3.05) is 12.3 Å². The smallest absolute Gasteiger partial charge is 0.340 e. The number of rotatable bonds is 4. The molecule has 104 valence electrons. The quantitative estimate of drug-likeness (QED) is 0.877. The summed E-state index contributed by atoms with van der Waals surface area (Å²) >= 11 is 1.31. The highest BCUT2D eigenvalue weighted by Gasteiger charge is 2.13. The molecule has 0 radical (unpaired) electrons. The lowest BCUT2D eigenvalue weighted by Crippen LogP contribution is -2.08. The lowest BCUT2D eigenvalue weighted by atomic mass is 10.2. The van der Waals surface area contributed by atoms with E-state index in [1.54, 1.807) is 25.1 Å². The molecule has 0 aliphatic rings. The first-order valence-corrected chi connectivity index (χ1v) is 6.78. The van der Waals surface area contributed by atoms with Gasteiger partial charge in [-0.3, -0.25) is 0 Å². The second-order valence-electron chi connectivity index (χ2n) is 3.89. The number of carbonyl (C=O) groups excluding carboxylic acids is 1. The molecule has 1 aromatic heterocycles.